The van der Waals surface area contributed by atoms with E-state index in [1.807, 2.05) is 64.2 Å². The standard InChI is InChI=1S/C19H25N7/c1-2-20-19(21-11-6-13-25-14-7-12-23-25)22-16-17-10-15-26(24-17)18-8-4-3-5-9-18/h3-5,7-10,12,14-15H,2,6,11,13,16H2,1H3,(H2,20,21,22). The molecule has 0 bridgehead atoms. The van der Waals surface area contributed by atoms with Crippen LogP contribution in [0.3, 0.4) is 0 Å². The van der Waals surface area contributed by atoms with Crippen LogP contribution in [0.4, 0.5) is 0 Å². The molecule has 7 nitrogen and oxygen atoms in total. The van der Waals surface area contributed by atoms with Gasteiger partial charge in [0.15, 0.2) is 5.96 Å². The van der Waals surface area contributed by atoms with E-state index in [4.69, 9.17) is 0 Å². The first-order valence-electron chi connectivity index (χ1n) is 8.94. The van der Waals surface area contributed by atoms with E-state index in [0.717, 1.165) is 43.4 Å². The highest BCUT2D eigenvalue weighted by Gasteiger charge is 2.02. The van der Waals surface area contributed by atoms with E-state index in [1.54, 1.807) is 6.20 Å². The molecule has 2 aromatic heterocycles. The van der Waals surface area contributed by atoms with Crippen LogP contribution >= 0.6 is 0 Å². The van der Waals surface area contributed by atoms with Crippen molar-refractivity contribution in [1.29, 1.82) is 0 Å². The molecule has 0 radical (unpaired) electrons. The Balaban J connectivity index is 1.51. The number of nitrogens with one attached hydrogen (secondary N) is 2. The summed E-state index contributed by atoms with van der Waals surface area (Å²) in [5.74, 6) is 0.808. The number of benzene rings is 1. The van der Waals surface area contributed by atoms with E-state index in [9.17, 15) is 0 Å². The van der Waals surface area contributed by atoms with Crippen molar-refractivity contribution in [2.24, 2.45) is 4.99 Å². The maximum absolute atomic E-state index is 4.62. The van der Waals surface area contributed by atoms with Crippen LogP contribution in [-0.4, -0.2) is 38.6 Å². The third-order valence-electron chi connectivity index (χ3n) is 3.82. The lowest BCUT2D eigenvalue weighted by molar-refractivity contribution is 0.570. The topological polar surface area (TPSA) is 72.1 Å². The SMILES string of the molecule is CCNC(=NCc1ccn(-c2ccccc2)n1)NCCCn1cccn1. The molecule has 0 saturated carbocycles. The molecule has 3 aromatic rings. The van der Waals surface area contributed by atoms with Gasteiger partial charge in [-0.3, -0.25) is 4.68 Å². The van der Waals surface area contributed by atoms with E-state index >= 15 is 0 Å². The Bertz CT molecular complexity index is 790. The average Bonchev–Trinajstić information content (AvgIpc) is 3.36. The maximum atomic E-state index is 4.62. The summed E-state index contributed by atoms with van der Waals surface area (Å²) < 4.78 is 3.80. The Labute approximate surface area is 153 Å². The largest absolute Gasteiger partial charge is 0.357 e. The fraction of sp³-hybridized carbons (Fsp3) is 0.316. The highest BCUT2D eigenvalue weighted by Crippen LogP contribution is 2.07. The van der Waals surface area contributed by atoms with Gasteiger partial charge in [0.25, 0.3) is 0 Å². The molecule has 0 aliphatic heterocycles. The number of rotatable bonds is 8. The predicted octanol–water partition coefficient (Wildman–Crippen LogP) is 2.21. The van der Waals surface area contributed by atoms with Crippen LogP contribution in [-0.2, 0) is 13.1 Å². The van der Waals surface area contributed by atoms with Gasteiger partial charge in [-0.25, -0.2) is 9.67 Å². The number of para-hydroxylation sites is 1. The summed E-state index contributed by atoms with van der Waals surface area (Å²) in [5, 5.41) is 15.4. The summed E-state index contributed by atoms with van der Waals surface area (Å²) in [4.78, 5) is 4.62. The van der Waals surface area contributed by atoms with Crippen molar-refractivity contribution in [3.8, 4) is 5.69 Å². The molecule has 0 amide bonds. The van der Waals surface area contributed by atoms with Crippen LogP contribution in [0.15, 0.2) is 66.0 Å². The van der Waals surface area contributed by atoms with Crippen LogP contribution < -0.4 is 10.6 Å². The van der Waals surface area contributed by atoms with Crippen LogP contribution in [0.1, 0.15) is 19.0 Å². The lowest BCUT2D eigenvalue weighted by atomic mass is 10.3. The fourth-order valence-electron chi connectivity index (χ4n) is 2.55. The third kappa shape index (κ3) is 5.20. The molecule has 0 aliphatic carbocycles. The molecule has 0 saturated heterocycles. The normalized spacial score (nSPS) is 11.5. The lowest BCUT2D eigenvalue weighted by Crippen LogP contribution is -2.38. The summed E-state index contributed by atoms with van der Waals surface area (Å²) in [6, 6.07) is 14.0. The van der Waals surface area contributed by atoms with Crippen LogP contribution in [0.5, 0.6) is 0 Å². The first kappa shape index (κ1) is 17.7. The zero-order valence-electron chi connectivity index (χ0n) is 15.0. The second-order valence-electron chi connectivity index (χ2n) is 5.83. The minimum Gasteiger partial charge on any atom is -0.357 e. The Kier molecular flexibility index (Phi) is 6.41. The summed E-state index contributed by atoms with van der Waals surface area (Å²) >= 11 is 0. The first-order valence-corrected chi connectivity index (χ1v) is 8.94. The number of aliphatic imine (C=N–C) groups is 1. The molecule has 0 aliphatic rings. The molecular formula is C19H25N7. The van der Waals surface area contributed by atoms with Gasteiger partial charge in [0.2, 0.25) is 0 Å². The molecule has 2 N–H and O–H groups in total. The fourth-order valence-corrected chi connectivity index (χ4v) is 2.55. The number of guanidine groups is 1. The zero-order valence-corrected chi connectivity index (χ0v) is 15.0. The van der Waals surface area contributed by atoms with Crippen molar-refractivity contribution < 1.29 is 0 Å². The molecule has 0 atom stereocenters. The van der Waals surface area contributed by atoms with Crippen LogP contribution in [0.2, 0.25) is 0 Å². The highest BCUT2D eigenvalue weighted by molar-refractivity contribution is 5.79. The zero-order chi connectivity index (χ0) is 18.0. The second-order valence-corrected chi connectivity index (χ2v) is 5.83. The van der Waals surface area contributed by atoms with Gasteiger partial charge in [0, 0.05) is 38.2 Å². The Morgan fingerprint density at radius 2 is 1.96 bits per heavy atom. The molecule has 0 spiro atoms. The molecule has 1 aromatic carbocycles. The summed E-state index contributed by atoms with van der Waals surface area (Å²) in [7, 11) is 0. The molecule has 26 heavy (non-hydrogen) atoms. The maximum Gasteiger partial charge on any atom is 0.191 e. The van der Waals surface area contributed by atoms with Gasteiger partial charge < -0.3 is 10.6 Å². The van der Waals surface area contributed by atoms with Gasteiger partial charge in [-0.15, -0.1) is 0 Å². The lowest BCUT2D eigenvalue weighted by Gasteiger charge is -2.11. The van der Waals surface area contributed by atoms with Gasteiger partial charge in [-0.05, 0) is 37.6 Å². The van der Waals surface area contributed by atoms with Gasteiger partial charge in [-0.2, -0.15) is 10.2 Å². The molecule has 3 rings (SSSR count). The quantitative estimate of drug-likeness (QED) is 0.371. The van der Waals surface area contributed by atoms with Crippen molar-refractivity contribution in [2.45, 2.75) is 26.4 Å². The highest BCUT2D eigenvalue weighted by atomic mass is 15.3. The van der Waals surface area contributed by atoms with E-state index in [2.05, 4.69) is 32.7 Å². The van der Waals surface area contributed by atoms with Crippen molar-refractivity contribution in [1.82, 2.24) is 30.2 Å². The van der Waals surface area contributed by atoms with Crippen molar-refractivity contribution in [2.75, 3.05) is 13.1 Å². The van der Waals surface area contributed by atoms with Crippen LogP contribution in [0.25, 0.3) is 5.69 Å². The van der Waals surface area contributed by atoms with E-state index in [-0.39, 0.29) is 0 Å². The van der Waals surface area contributed by atoms with Crippen molar-refractivity contribution in [3.05, 3.63) is 66.7 Å². The minimum absolute atomic E-state index is 0.536. The molecule has 0 fully saturated rings. The minimum atomic E-state index is 0.536. The van der Waals surface area contributed by atoms with E-state index in [1.165, 1.54) is 0 Å². The van der Waals surface area contributed by atoms with Gasteiger partial charge in [-0.1, -0.05) is 18.2 Å². The first-order chi connectivity index (χ1) is 12.8. The third-order valence-corrected chi connectivity index (χ3v) is 3.82. The van der Waals surface area contributed by atoms with Crippen molar-refractivity contribution >= 4 is 5.96 Å². The second kappa shape index (κ2) is 9.41. The molecule has 2 heterocycles. The Morgan fingerprint density at radius 1 is 1.08 bits per heavy atom. The molecule has 136 valence electrons. The Hall–Kier alpha value is -3.09. The Morgan fingerprint density at radius 3 is 2.73 bits per heavy atom. The predicted molar refractivity (Wildman–Crippen MR) is 103 cm³/mol. The van der Waals surface area contributed by atoms with Crippen LogP contribution in [0, 0.1) is 0 Å². The smallest absolute Gasteiger partial charge is 0.191 e. The molecule has 7 heteroatoms. The van der Waals surface area contributed by atoms with Gasteiger partial charge in [0.1, 0.15) is 0 Å². The van der Waals surface area contributed by atoms with E-state index in [0.29, 0.717) is 6.54 Å². The van der Waals surface area contributed by atoms with Gasteiger partial charge >= 0.3 is 0 Å². The number of nitrogens with zero attached hydrogens (tertiary/aromatic N) is 5. The summed E-state index contributed by atoms with van der Waals surface area (Å²) in [6.07, 6.45) is 6.72. The van der Waals surface area contributed by atoms with E-state index < -0.39 is 0 Å². The molecule has 0 unspecified atom stereocenters. The summed E-state index contributed by atoms with van der Waals surface area (Å²) in [5.41, 5.74) is 1.98. The summed E-state index contributed by atoms with van der Waals surface area (Å²) in [6.45, 7) is 5.15. The molecular weight excluding hydrogens is 326 g/mol. The van der Waals surface area contributed by atoms with Crippen molar-refractivity contribution in [3.63, 3.8) is 0 Å². The number of hydrogen-bond acceptors (Lipinski definition) is 3. The number of aromatic nitrogens is 4. The monoisotopic (exact) mass is 351 g/mol. The average molecular weight is 351 g/mol. The van der Waals surface area contributed by atoms with Gasteiger partial charge in [0.05, 0.1) is 17.9 Å². The number of aryl methyl sites for hydroxylation is 1. The number of hydrogen-bond donors (Lipinski definition) is 2.